The first-order valence-electron chi connectivity index (χ1n) is 8.60. The van der Waals surface area contributed by atoms with Crippen molar-refractivity contribution in [2.24, 2.45) is 0 Å². The normalized spacial score (nSPS) is 10.5. The van der Waals surface area contributed by atoms with Crippen LogP contribution in [0, 0.1) is 0 Å². The third kappa shape index (κ3) is 3.88. The van der Waals surface area contributed by atoms with Crippen LogP contribution in [0.5, 0.6) is 5.75 Å². The molecule has 0 aliphatic carbocycles. The number of carbonyl (C=O) groups excluding carboxylic acids is 1. The third-order valence-electron chi connectivity index (χ3n) is 4.12. The summed E-state index contributed by atoms with van der Waals surface area (Å²) in [5.41, 5.74) is 2.76. The summed E-state index contributed by atoms with van der Waals surface area (Å²) in [7, 11) is 1.61. The van der Waals surface area contributed by atoms with Crippen LogP contribution in [0.4, 0.5) is 17.3 Å². The highest BCUT2D eigenvalue weighted by Crippen LogP contribution is 2.22. The molecule has 0 radical (unpaired) electrons. The van der Waals surface area contributed by atoms with Crippen LogP contribution in [-0.4, -0.2) is 28.0 Å². The van der Waals surface area contributed by atoms with Crippen molar-refractivity contribution in [2.45, 2.75) is 0 Å². The van der Waals surface area contributed by atoms with Gasteiger partial charge in [0.25, 0.3) is 5.91 Å². The quantitative estimate of drug-likeness (QED) is 0.551. The maximum Gasteiger partial charge on any atom is 0.255 e. The number of nitrogens with one attached hydrogen (secondary N) is 2. The summed E-state index contributed by atoms with van der Waals surface area (Å²) in [4.78, 5) is 25.1. The van der Waals surface area contributed by atoms with Gasteiger partial charge in [0.15, 0.2) is 0 Å². The fourth-order valence-electron chi connectivity index (χ4n) is 2.70. The molecule has 7 nitrogen and oxygen atoms in total. The Hall–Kier alpha value is -4.00. The van der Waals surface area contributed by atoms with Crippen LogP contribution in [0.3, 0.4) is 0 Å². The van der Waals surface area contributed by atoms with E-state index in [0.29, 0.717) is 17.2 Å². The zero-order chi connectivity index (χ0) is 19.3. The van der Waals surface area contributed by atoms with E-state index in [4.69, 9.17) is 4.74 Å². The van der Waals surface area contributed by atoms with Crippen LogP contribution >= 0.6 is 0 Å². The number of aromatic nitrogens is 3. The molecule has 0 aliphatic heterocycles. The third-order valence-corrected chi connectivity index (χ3v) is 4.12. The monoisotopic (exact) mass is 371 g/mol. The van der Waals surface area contributed by atoms with Gasteiger partial charge in [-0.25, -0.2) is 9.97 Å². The average Bonchev–Trinajstić information content (AvgIpc) is 2.74. The molecule has 2 N–H and O–H groups in total. The summed E-state index contributed by atoms with van der Waals surface area (Å²) < 4.78 is 5.20. The number of ether oxygens (including phenoxy) is 1. The molecule has 2 aromatic carbocycles. The lowest BCUT2D eigenvalue weighted by atomic mass is 10.1. The molecule has 0 unspecified atom stereocenters. The number of fused-ring (bicyclic) bond motifs is 1. The lowest BCUT2D eigenvalue weighted by Gasteiger charge is -2.08. The highest BCUT2D eigenvalue weighted by molar-refractivity contribution is 6.05. The Morgan fingerprint density at radius 1 is 0.929 bits per heavy atom. The van der Waals surface area contributed by atoms with E-state index in [1.807, 2.05) is 24.3 Å². The Kier molecular flexibility index (Phi) is 4.79. The zero-order valence-electron chi connectivity index (χ0n) is 15.1. The fourth-order valence-corrected chi connectivity index (χ4v) is 2.70. The van der Waals surface area contributed by atoms with Crippen LogP contribution in [0.15, 0.2) is 73.2 Å². The number of hydrogen-bond donors (Lipinski definition) is 2. The number of rotatable bonds is 5. The maximum absolute atomic E-state index is 12.5. The van der Waals surface area contributed by atoms with E-state index in [1.165, 1.54) is 0 Å². The van der Waals surface area contributed by atoms with Gasteiger partial charge in [0.05, 0.1) is 24.5 Å². The van der Waals surface area contributed by atoms with Crippen molar-refractivity contribution in [3.05, 3.63) is 78.8 Å². The van der Waals surface area contributed by atoms with E-state index in [1.54, 1.807) is 56.0 Å². The van der Waals surface area contributed by atoms with E-state index >= 15 is 0 Å². The van der Waals surface area contributed by atoms with Crippen molar-refractivity contribution >= 4 is 34.1 Å². The molecule has 4 rings (SSSR count). The number of pyridine rings is 1. The number of benzene rings is 2. The van der Waals surface area contributed by atoms with Gasteiger partial charge in [0.2, 0.25) is 5.95 Å². The molecule has 1 amide bonds. The fraction of sp³-hybridized carbons (Fsp3) is 0.0476. The van der Waals surface area contributed by atoms with Crippen LogP contribution in [-0.2, 0) is 0 Å². The number of carbonyl (C=O) groups is 1. The van der Waals surface area contributed by atoms with Crippen LogP contribution in [0.2, 0.25) is 0 Å². The van der Waals surface area contributed by atoms with Crippen LogP contribution in [0.25, 0.3) is 10.9 Å². The molecule has 0 atom stereocenters. The topological polar surface area (TPSA) is 89.0 Å². The summed E-state index contributed by atoms with van der Waals surface area (Å²) >= 11 is 0. The zero-order valence-corrected chi connectivity index (χ0v) is 15.1. The van der Waals surface area contributed by atoms with Crippen molar-refractivity contribution in [1.82, 2.24) is 15.0 Å². The number of amides is 1. The van der Waals surface area contributed by atoms with E-state index in [0.717, 1.165) is 22.3 Å². The van der Waals surface area contributed by atoms with Gasteiger partial charge in [0, 0.05) is 35.1 Å². The molecule has 0 fully saturated rings. The summed E-state index contributed by atoms with van der Waals surface area (Å²) in [6.07, 6.45) is 4.94. The Balaban J connectivity index is 1.46. The second-order valence-corrected chi connectivity index (χ2v) is 6.01. The number of hydrogen-bond acceptors (Lipinski definition) is 6. The van der Waals surface area contributed by atoms with Crippen molar-refractivity contribution in [3.8, 4) is 5.75 Å². The SMILES string of the molecule is COc1ccc2cc(NC(=O)c3ccc(Nc4ncccn4)cc3)cnc2c1. The van der Waals surface area contributed by atoms with Gasteiger partial charge in [0.1, 0.15) is 5.75 Å². The highest BCUT2D eigenvalue weighted by atomic mass is 16.5. The minimum absolute atomic E-state index is 0.211. The van der Waals surface area contributed by atoms with E-state index in [9.17, 15) is 4.79 Å². The molecule has 4 aromatic rings. The molecule has 0 spiro atoms. The van der Waals surface area contributed by atoms with Crippen molar-refractivity contribution < 1.29 is 9.53 Å². The predicted octanol–water partition coefficient (Wildman–Crippen LogP) is 4.03. The maximum atomic E-state index is 12.5. The first-order valence-corrected chi connectivity index (χ1v) is 8.60. The number of nitrogens with zero attached hydrogens (tertiary/aromatic N) is 3. The first kappa shape index (κ1) is 17.4. The second-order valence-electron chi connectivity index (χ2n) is 6.01. The van der Waals surface area contributed by atoms with E-state index < -0.39 is 0 Å². The average molecular weight is 371 g/mol. The van der Waals surface area contributed by atoms with Gasteiger partial charge >= 0.3 is 0 Å². The van der Waals surface area contributed by atoms with Crippen LogP contribution in [0.1, 0.15) is 10.4 Å². The Morgan fingerprint density at radius 3 is 2.46 bits per heavy atom. The lowest BCUT2D eigenvalue weighted by molar-refractivity contribution is 0.102. The van der Waals surface area contributed by atoms with Crippen LogP contribution < -0.4 is 15.4 Å². The molecule has 7 heteroatoms. The summed E-state index contributed by atoms with van der Waals surface area (Å²) in [6, 6.07) is 16.3. The Bertz CT molecular complexity index is 1110. The molecular weight excluding hydrogens is 354 g/mol. The molecule has 0 saturated carbocycles. The second kappa shape index (κ2) is 7.71. The summed E-state index contributed by atoms with van der Waals surface area (Å²) in [5, 5.41) is 6.86. The molecule has 0 saturated heterocycles. The highest BCUT2D eigenvalue weighted by Gasteiger charge is 2.08. The lowest BCUT2D eigenvalue weighted by Crippen LogP contribution is -2.12. The standard InChI is InChI=1S/C21H17N5O2/c1-28-18-8-5-15-11-17(13-24-19(15)12-18)25-20(27)14-3-6-16(7-4-14)26-21-22-9-2-10-23-21/h2-13H,1H3,(H,25,27)(H,22,23,26). The largest absolute Gasteiger partial charge is 0.497 e. The minimum Gasteiger partial charge on any atom is -0.497 e. The molecule has 2 heterocycles. The molecule has 28 heavy (non-hydrogen) atoms. The number of anilines is 3. The van der Waals surface area contributed by atoms with Gasteiger partial charge < -0.3 is 15.4 Å². The van der Waals surface area contributed by atoms with Gasteiger partial charge in [-0.15, -0.1) is 0 Å². The smallest absolute Gasteiger partial charge is 0.255 e. The molecule has 2 aromatic heterocycles. The van der Waals surface area contributed by atoms with Crippen molar-refractivity contribution in [3.63, 3.8) is 0 Å². The molecule has 0 aliphatic rings. The Labute approximate surface area is 161 Å². The summed E-state index contributed by atoms with van der Waals surface area (Å²) in [5.74, 6) is 1.03. The van der Waals surface area contributed by atoms with E-state index in [2.05, 4.69) is 25.6 Å². The van der Waals surface area contributed by atoms with Crippen molar-refractivity contribution in [2.75, 3.05) is 17.7 Å². The van der Waals surface area contributed by atoms with Gasteiger partial charge in [-0.1, -0.05) is 0 Å². The minimum atomic E-state index is -0.211. The van der Waals surface area contributed by atoms with Gasteiger partial charge in [-0.3, -0.25) is 9.78 Å². The molecular formula is C21H17N5O2. The van der Waals surface area contributed by atoms with E-state index in [-0.39, 0.29) is 5.91 Å². The summed E-state index contributed by atoms with van der Waals surface area (Å²) in [6.45, 7) is 0. The van der Waals surface area contributed by atoms with Gasteiger partial charge in [-0.05, 0) is 48.5 Å². The van der Waals surface area contributed by atoms with Crippen molar-refractivity contribution in [1.29, 1.82) is 0 Å². The predicted molar refractivity (Wildman–Crippen MR) is 108 cm³/mol. The number of methoxy groups -OCH3 is 1. The molecule has 138 valence electrons. The van der Waals surface area contributed by atoms with Gasteiger partial charge in [-0.2, -0.15) is 0 Å². The first-order chi connectivity index (χ1) is 13.7. The Morgan fingerprint density at radius 2 is 1.71 bits per heavy atom. The molecule has 0 bridgehead atoms.